The zero-order valence-electron chi connectivity index (χ0n) is 11.1. The Labute approximate surface area is 108 Å². The molecule has 1 aromatic rings. The number of hydrogen-bond donors (Lipinski definition) is 1. The molecule has 0 atom stereocenters. The topological polar surface area (TPSA) is 73.2 Å². The maximum absolute atomic E-state index is 11.2. The first-order chi connectivity index (χ1) is 8.44. The number of aryl methyl sites for hydroxylation is 1. The van der Waals surface area contributed by atoms with Crippen molar-refractivity contribution >= 4 is 9.84 Å². The van der Waals surface area contributed by atoms with Crippen molar-refractivity contribution in [3.05, 3.63) is 17.7 Å². The van der Waals surface area contributed by atoms with Crippen molar-refractivity contribution in [2.24, 2.45) is 0 Å². The fourth-order valence-electron chi connectivity index (χ4n) is 1.61. The summed E-state index contributed by atoms with van der Waals surface area (Å²) in [6, 6.07) is 0. The lowest BCUT2D eigenvalue weighted by molar-refractivity contribution is 0.199. The van der Waals surface area contributed by atoms with Gasteiger partial charge in [0.05, 0.1) is 18.1 Å². The van der Waals surface area contributed by atoms with E-state index in [1.807, 2.05) is 11.5 Å². The number of nitrogens with one attached hydrogen (secondary N) is 1. The van der Waals surface area contributed by atoms with Gasteiger partial charge in [0, 0.05) is 39.2 Å². The first-order valence-electron chi connectivity index (χ1n) is 5.82. The van der Waals surface area contributed by atoms with Gasteiger partial charge in [0.1, 0.15) is 15.7 Å². The van der Waals surface area contributed by atoms with E-state index in [1.54, 1.807) is 13.3 Å². The molecule has 0 aliphatic rings. The highest BCUT2D eigenvalue weighted by molar-refractivity contribution is 7.90. The van der Waals surface area contributed by atoms with E-state index in [0.717, 1.165) is 18.1 Å². The van der Waals surface area contributed by atoms with E-state index >= 15 is 0 Å². The van der Waals surface area contributed by atoms with Crippen molar-refractivity contribution in [2.45, 2.75) is 20.0 Å². The number of methoxy groups -OCH3 is 1. The Morgan fingerprint density at radius 2 is 2.22 bits per heavy atom. The number of nitrogens with zero attached hydrogens (tertiary/aromatic N) is 2. The second kappa shape index (κ2) is 6.86. The van der Waals surface area contributed by atoms with Crippen LogP contribution in [0.3, 0.4) is 0 Å². The molecule has 0 bridgehead atoms. The molecule has 6 nitrogen and oxygen atoms in total. The molecule has 1 aromatic heterocycles. The molecule has 0 aromatic carbocycles. The van der Waals surface area contributed by atoms with Gasteiger partial charge in [-0.15, -0.1) is 0 Å². The lowest BCUT2D eigenvalue weighted by atomic mass is 10.4. The van der Waals surface area contributed by atoms with Gasteiger partial charge in [0.25, 0.3) is 0 Å². The van der Waals surface area contributed by atoms with Crippen LogP contribution in [-0.2, 0) is 27.7 Å². The number of sulfone groups is 1. The van der Waals surface area contributed by atoms with E-state index in [1.165, 1.54) is 6.26 Å². The first kappa shape index (κ1) is 15.1. The second-order valence-electron chi connectivity index (χ2n) is 4.25. The third-order valence-corrected chi connectivity index (χ3v) is 3.54. The number of aromatic nitrogens is 2. The van der Waals surface area contributed by atoms with Gasteiger partial charge in [-0.2, -0.15) is 0 Å². The third-order valence-electron chi connectivity index (χ3n) is 2.61. The summed E-state index contributed by atoms with van der Waals surface area (Å²) in [6.07, 6.45) is 3.02. The van der Waals surface area contributed by atoms with E-state index in [2.05, 4.69) is 10.3 Å². The smallest absolute Gasteiger partial charge is 0.149 e. The lowest BCUT2D eigenvalue weighted by Gasteiger charge is -2.10. The molecule has 1 rings (SSSR count). The van der Waals surface area contributed by atoms with Crippen LogP contribution in [0.5, 0.6) is 0 Å². The minimum atomic E-state index is -2.95. The standard InChI is InChI=1S/C11H21N3O3S/c1-10-13-9-11(8-12-4-6-17-2)14(10)5-7-18(3,15)16/h9,12H,4-8H2,1-3H3. The summed E-state index contributed by atoms with van der Waals surface area (Å²) in [7, 11) is -1.30. The Morgan fingerprint density at radius 3 is 2.83 bits per heavy atom. The third kappa shape index (κ3) is 5.16. The van der Waals surface area contributed by atoms with Crippen LogP contribution in [-0.4, -0.2) is 50.2 Å². The molecule has 0 saturated heterocycles. The predicted molar refractivity (Wildman–Crippen MR) is 70.3 cm³/mol. The molecule has 0 saturated carbocycles. The summed E-state index contributed by atoms with van der Waals surface area (Å²) >= 11 is 0. The van der Waals surface area contributed by atoms with Crippen LogP contribution < -0.4 is 5.32 Å². The largest absolute Gasteiger partial charge is 0.383 e. The Balaban J connectivity index is 2.58. The van der Waals surface area contributed by atoms with Crippen LogP contribution >= 0.6 is 0 Å². The van der Waals surface area contributed by atoms with E-state index < -0.39 is 9.84 Å². The molecule has 7 heteroatoms. The summed E-state index contributed by atoms with van der Waals surface area (Å²) in [5, 5.41) is 3.22. The molecule has 0 radical (unpaired) electrons. The van der Waals surface area contributed by atoms with E-state index in [4.69, 9.17) is 4.74 Å². The first-order valence-corrected chi connectivity index (χ1v) is 7.88. The Hall–Kier alpha value is -0.920. The number of ether oxygens (including phenoxy) is 1. The molecular formula is C11H21N3O3S. The molecule has 0 unspecified atom stereocenters. The van der Waals surface area contributed by atoms with Gasteiger partial charge in [-0.25, -0.2) is 13.4 Å². The highest BCUT2D eigenvalue weighted by atomic mass is 32.2. The Morgan fingerprint density at radius 1 is 1.50 bits per heavy atom. The summed E-state index contributed by atoms with van der Waals surface area (Å²) < 4.78 is 29.2. The fourth-order valence-corrected chi connectivity index (χ4v) is 2.12. The molecule has 1 heterocycles. The molecule has 0 aliphatic heterocycles. The highest BCUT2D eigenvalue weighted by Gasteiger charge is 2.09. The summed E-state index contributed by atoms with van der Waals surface area (Å²) in [5.74, 6) is 0.970. The van der Waals surface area contributed by atoms with Gasteiger partial charge in [-0.05, 0) is 6.92 Å². The summed E-state index contributed by atoms with van der Waals surface area (Å²) in [4.78, 5) is 4.21. The SMILES string of the molecule is COCCNCc1cnc(C)n1CCS(C)(=O)=O. The number of hydrogen-bond acceptors (Lipinski definition) is 5. The van der Waals surface area contributed by atoms with Crippen LogP contribution in [0.1, 0.15) is 11.5 Å². The average Bonchev–Trinajstić information content (AvgIpc) is 2.62. The normalized spacial score (nSPS) is 11.9. The molecular weight excluding hydrogens is 254 g/mol. The van der Waals surface area contributed by atoms with Crippen molar-refractivity contribution in [1.82, 2.24) is 14.9 Å². The molecule has 1 N–H and O–H groups in total. The zero-order chi connectivity index (χ0) is 13.6. The van der Waals surface area contributed by atoms with E-state index in [-0.39, 0.29) is 5.75 Å². The van der Waals surface area contributed by atoms with Gasteiger partial charge >= 0.3 is 0 Å². The van der Waals surface area contributed by atoms with Crippen LogP contribution in [0.2, 0.25) is 0 Å². The van der Waals surface area contributed by atoms with Gasteiger partial charge in [-0.3, -0.25) is 0 Å². The molecule has 0 amide bonds. The van der Waals surface area contributed by atoms with E-state index in [9.17, 15) is 8.42 Å². The minimum absolute atomic E-state index is 0.134. The Kier molecular flexibility index (Phi) is 5.77. The fraction of sp³-hybridized carbons (Fsp3) is 0.727. The molecule has 0 spiro atoms. The van der Waals surface area contributed by atoms with Crippen LogP contribution in [0.15, 0.2) is 6.20 Å². The van der Waals surface area contributed by atoms with Gasteiger partial charge in [-0.1, -0.05) is 0 Å². The molecule has 104 valence electrons. The average molecular weight is 275 g/mol. The summed E-state index contributed by atoms with van der Waals surface area (Å²) in [6.45, 7) is 4.39. The molecule has 0 aliphatic carbocycles. The van der Waals surface area contributed by atoms with Crippen molar-refractivity contribution in [1.29, 1.82) is 0 Å². The van der Waals surface area contributed by atoms with Crippen LogP contribution in [0, 0.1) is 6.92 Å². The molecule has 18 heavy (non-hydrogen) atoms. The Bertz CT molecular complexity index is 468. The van der Waals surface area contributed by atoms with Crippen molar-refractivity contribution < 1.29 is 13.2 Å². The van der Waals surface area contributed by atoms with E-state index in [0.29, 0.717) is 19.7 Å². The minimum Gasteiger partial charge on any atom is -0.383 e. The second-order valence-corrected chi connectivity index (χ2v) is 6.51. The predicted octanol–water partition coefficient (Wildman–Crippen LogP) is -0.0279. The van der Waals surface area contributed by atoms with Crippen molar-refractivity contribution in [2.75, 3.05) is 32.3 Å². The van der Waals surface area contributed by atoms with Gasteiger partial charge in [0.15, 0.2) is 0 Å². The van der Waals surface area contributed by atoms with Crippen molar-refractivity contribution in [3.63, 3.8) is 0 Å². The number of imidazole rings is 1. The lowest BCUT2D eigenvalue weighted by Crippen LogP contribution is -2.22. The molecule has 0 fully saturated rings. The summed E-state index contributed by atoms with van der Waals surface area (Å²) in [5.41, 5.74) is 0.993. The zero-order valence-corrected chi connectivity index (χ0v) is 12.0. The van der Waals surface area contributed by atoms with Crippen LogP contribution in [0.4, 0.5) is 0 Å². The highest BCUT2D eigenvalue weighted by Crippen LogP contribution is 2.05. The quantitative estimate of drug-likeness (QED) is 0.675. The number of rotatable bonds is 8. The maximum atomic E-state index is 11.2. The van der Waals surface area contributed by atoms with Crippen LogP contribution in [0.25, 0.3) is 0 Å². The van der Waals surface area contributed by atoms with Crippen molar-refractivity contribution in [3.8, 4) is 0 Å². The van der Waals surface area contributed by atoms with Gasteiger partial charge < -0.3 is 14.6 Å². The monoisotopic (exact) mass is 275 g/mol. The maximum Gasteiger partial charge on any atom is 0.149 e. The van der Waals surface area contributed by atoms with Gasteiger partial charge in [0.2, 0.25) is 0 Å².